The Morgan fingerprint density at radius 2 is 2.09 bits per heavy atom. The number of benzene rings is 1. The van der Waals surface area contributed by atoms with Gasteiger partial charge in [-0.2, -0.15) is 13.2 Å². The first-order valence-corrected chi connectivity index (χ1v) is 6.02. The second-order valence-corrected chi connectivity index (χ2v) is 4.73. The number of nitrogens with two attached hydrogens (primary N) is 2. The van der Waals surface area contributed by atoms with Crippen molar-refractivity contribution in [3.8, 4) is 0 Å². The first-order valence-electron chi connectivity index (χ1n) is 6.02. The van der Waals surface area contributed by atoms with Gasteiger partial charge in [0, 0.05) is 6.42 Å². The minimum Gasteiger partial charge on any atom is -0.288 e. The lowest BCUT2D eigenvalue weighted by Crippen LogP contribution is -2.58. The lowest BCUT2D eigenvalue weighted by molar-refractivity contribution is -0.416. The van der Waals surface area contributed by atoms with Crippen LogP contribution >= 0.6 is 0 Å². The molecule has 0 saturated heterocycles. The van der Waals surface area contributed by atoms with E-state index in [1.807, 2.05) is 0 Å². The second-order valence-electron chi connectivity index (χ2n) is 4.73. The molecule has 7 nitrogen and oxygen atoms in total. The number of hydrogen-bond acceptors (Lipinski definition) is 6. The van der Waals surface area contributed by atoms with Gasteiger partial charge in [0.25, 0.3) is 0 Å². The lowest BCUT2D eigenvalue weighted by Gasteiger charge is -2.34. The van der Waals surface area contributed by atoms with Gasteiger partial charge in [0.1, 0.15) is 6.21 Å². The van der Waals surface area contributed by atoms with E-state index in [0.717, 1.165) is 29.6 Å². The maximum atomic E-state index is 12.7. The third kappa shape index (κ3) is 3.23. The summed E-state index contributed by atoms with van der Waals surface area (Å²) in [6.07, 6.45) is -2.72. The van der Waals surface area contributed by atoms with E-state index in [-0.39, 0.29) is 17.7 Å². The molecule has 1 aromatic rings. The first-order chi connectivity index (χ1) is 10.1. The van der Waals surface area contributed by atoms with Crippen LogP contribution in [0.2, 0.25) is 0 Å². The maximum absolute atomic E-state index is 12.7. The van der Waals surface area contributed by atoms with Gasteiger partial charge in [0.2, 0.25) is 5.79 Å². The van der Waals surface area contributed by atoms with Gasteiger partial charge in [-0.15, -0.1) is 0 Å². The molecule has 10 heteroatoms. The molecule has 0 amide bonds. The van der Waals surface area contributed by atoms with Crippen LogP contribution in [-0.4, -0.2) is 21.9 Å². The summed E-state index contributed by atoms with van der Waals surface area (Å²) in [7, 11) is 0. The van der Waals surface area contributed by atoms with Gasteiger partial charge in [-0.05, 0) is 11.6 Å². The van der Waals surface area contributed by atoms with Crippen molar-refractivity contribution in [2.75, 3.05) is 0 Å². The molecule has 1 aliphatic heterocycles. The molecule has 0 aliphatic carbocycles. The SMILES string of the molecule is NN1C=C([N+](=O)[O-])C=NC1(N)Cc1cccc(C(F)(F)F)c1. The van der Waals surface area contributed by atoms with E-state index in [9.17, 15) is 23.3 Å². The van der Waals surface area contributed by atoms with Crippen LogP contribution in [-0.2, 0) is 12.6 Å². The van der Waals surface area contributed by atoms with Crippen LogP contribution < -0.4 is 11.6 Å². The third-order valence-corrected chi connectivity index (χ3v) is 3.07. The minimum atomic E-state index is -4.48. The Labute approximate surface area is 122 Å². The van der Waals surface area contributed by atoms with Gasteiger partial charge in [0.05, 0.1) is 16.7 Å². The van der Waals surface area contributed by atoms with Gasteiger partial charge in [-0.3, -0.25) is 20.9 Å². The summed E-state index contributed by atoms with van der Waals surface area (Å²) in [6, 6.07) is 4.56. The average Bonchev–Trinajstić information content (AvgIpc) is 2.41. The highest BCUT2D eigenvalue weighted by atomic mass is 19.4. The predicted molar refractivity (Wildman–Crippen MR) is 71.7 cm³/mol. The van der Waals surface area contributed by atoms with Gasteiger partial charge in [0.15, 0.2) is 0 Å². The Kier molecular flexibility index (Phi) is 3.90. The molecule has 1 aliphatic rings. The molecule has 2 rings (SSSR count). The molecule has 0 saturated carbocycles. The smallest absolute Gasteiger partial charge is 0.288 e. The maximum Gasteiger partial charge on any atom is 0.416 e. The molecule has 0 radical (unpaired) electrons. The van der Waals surface area contributed by atoms with Crippen LogP contribution in [0, 0.1) is 10.1 Å². The van der Waals surface area contributed by atoms with Crippen LogP contribution in [0.1, 0.15) is 11.1 Å². The van der Waals surface area contributed by atoms with Crippen LogP contribution in [0.4, 0.5) is 13.2 Å². The molecule has 1 aromatic carbocycles. The molecule has 0 bridgehead atoms. The van der Waals surface area contributed by atoms with Gasteiger partial charge >= 0.3 is 11.9 Å². The molecule has 1 heterocycles. The average molecular weight is 315 g/mol. The molecular weight excluding hydrogens is 303 g/mol. The number of halogens is 3. The Morgan fingerprint density at radius 3 is 2.64 bits per heavy atom. The summed E-state index contributed by atoms with van der Waals surface area (Å²) in [5, 5.41) is 11.4. The molecule has 1 unspecified atom stereocenters. The molecular formula is C12H12F3N5O2. The third-order valence-electron chi connectivity index (χ3n) is 3.07. The molecule has 0 fully saturated rings. The number of hydrogen-bond donors (Lipinski definition) is 2. The minimum absolute atomic E-state index is 0.147. The highest BCUT2D eigenvalue weighted by Gasteiger charge is 2.35. The zero-order chi connectivity index (χ0) is 16.5. The monoisotopic (exact) mass is 315 g/mol. The Morgan fingerprint density at radius 1 is 1.41 bits per heavy atom. The predicted octanol–water partition coefficient (Wildman–Crippen LogP) is 1.24. The first kappa shape index (κ1) is 15.9. The highest BCUT2D eigenvalue weighted by Crippen LogP contribution is 2.30. The van der Waals surface area contributed by atoms with Crippen molar-refractivity contribution >= 4 is 6.21 Å². The molecule has 1 atom stereocenters. The van der Waals surface area contributed by atoms with E-state index >= 15 is 0 Å². The lowest BCUT2D eigenvalue weighted by atomic mass is 10.0. The van der Waals surface area contributed by atoms with E-state index in [4.69, 9.17) is 11.6 Å². The quantitative estimate of drug-likeness (QED) is 0.495. The van der Waals surface area contributed by atoms with Crippen LogP contribution in [0.15, 0.2) is 41.2 Å². The van der Waals surface area contributed by atoms with E-state index in [0.29, 0.717) is 0 Å². The summed E-state index contributed by atoms with van der Waals surface area (Å²) in [4.78, 5) is 13.7. The van der Waals surface area contributed by atoms with Crippen LogP contribution in [0.5, 0.6) is 0 Å². The van der Waals surface area contributed by atoms with Crippen molar-refractivity contribution in [1.82, 2.24) is 5.01 Å². The second kappa shape index (κ2) is 5.39. The van der Waals surface area contributed by atoms with E-state index in [1.165, 1.54) is 12.1 Å². The summed E-state index contributed by atoms with van der Waals surface area (Å²) >= 11 is 0. The zero-order valence-electron chi connectivity index (χ0n) is 11.1. The molecule has 4 N–H and O–H groups in total. The molecule has 0 spiro atoms. The number of rotatable bonds is 3. The normalized spacial score (nSPS) is 21.7. The topological polar surface area (TPSA) is 111 Å². The number of alkyl halides is 3. The van der Waals surface area contributed by atoms with E-state index in [2.05, 4.69) is 4.99 Å². The van der Waals surface area contributed by atoms with Crippen molar-refractivity contribution in [2.45, 2.75) is 18.4 Å². The van der Waals surface area contributed by atoms with Crippen molar-refractivity contribution in [3.63, 3.8) is 0 Å². The van der Waals surface area contributed by atoms with Crippen molar-refractivity contribution in [3.05, 3.63) is 57.4 Å². The number of nitro groups is 1. The number of hydrazine groups is 1. The van der Waals surface area contributed by atoms with Gasteiger partial charge < -0.3 is 0 Å². The fourth-order valence-electron chi connectivity index (χ4n) is 1.92. The van der Waals surface area contributed by atoms with Crippen molar-refractivity contribution < 1.29 is 18.1 Å². The van der Waals surface area contributed by atoms with Crippen LogP contribution in [0.3, 0.4) is 0 Å². The fraction of sp³-hybridized carbons (Fsp3) is 0.250. The van der Waals surface area contributed by atoms with Gasteiger partial charge in [-0.25, -0.2) is 10.8 Å². The number of allylic oxidation sites excluding steroid dienone is 1. The largest absolute Gasteiger partial charge is 0.416 e. The van der Waals surface area contributed by atoms with E-state index < -0.39 is 22.4 Å². The molecule has 0 aromatic heterocycles. The summed E-state index contributed by atoms with van der Waals surface area (Å²) in [5.41, 5.74) is 4.97. The van der Waals surface area contributed by atoms with Crippen molar-refractivity contribution in [1.29, 1.82) is 0 Å². The van der Waals surface area contributed by atoms with E-state index in [1.54, 1.807) is 0 Å². The Balaban J connectivity index is 2.24. The molecule has 118 valence electrons. The summed E-state index contributed by atoms with van der Waals surface area (Å²) < 4.78 is 38.0. The van der Waals surface area contributed by atoms with Crippen LogP contribution in [0.25, 0.3) is 0 Å². The highest BCUT2D eigenvalue weighted by molar-refractivity contribution is 5.76. The number of aliphatic imine (C=N–C) groups is 1. The number of nitrogens with zero attached hydrogens (tertiary/aromatic N) is 3. The summed E-state index contributed by atoms with van der Waals surface area (Å²) in [5.74, 6) is 4.01. The Hall–Kier alpha value is -2.46. The van der Waals surface area contributed by atoms with Gasteiger partial charge in [-0.1, -0.05) is 18.2 Å². The molecule has 22 heavy (non-hydrogen) atoms. The fourth-order valence-corrected chi connectivity index (χ4v) is 1.92. The Bertz CT molecular complexity index is 658. The summed E-state index contributed by atoms with van der Waals surface area (Å²) in [6.45, 7) is 0. The standard InChI is InChI=1S/C12H12F3N5O2/c13-12(14,15)9-3-1-2-8(4-9)5-11(16)18-6-10(20(21)22)7-19(11)17/h1-4,6-7H,5,16-17H2. The van der Waals surface area contributed by atoms with Crippen molar-refractivity contribution in [2.24, 2.45) is 16.6 Å². The zero-order valence-corrected chi connectivity index (χ0v) is 11.1.